The highest BCUT2D eigenvalue weighted by molar-refractivity contribution is 6.30. The molecule has 3 aromatic rings. The third-order valence-corrected chi connectivity index (χ3v) is 5.04. The van der Waals surface area contributed by atoms with Gasteiger partial charge in [0, 0.05) is 16.1 Å². The average molecular weight is 446 g/mol. The van der Waals surface area contributed by atoms with Gasteiger partial charge in [-0.05, 0) is 79.4 Å². The number of rotatable bonds is 6. The molecule has 0 fully saturated rings. The molecule has 0 atom stereocenters. The zero-order valence-electron chi connectivity index (χ0n) is 19.1. The number of nitrogens with one attached hydrogen (secondary N) is 1. The molecule has 0 saturated carbocycles. The van der Waals surface area contributed by atoms with E-state index in [1.165, 1.54) is 0 Å². The van der Waals surface area contributed by atoms with Gasteiger partial charge in [-0.2, -0.15) is 5.53 Å². The maximum Gasteiger partial charge on any atom is 0.193 e. The number of hydrogen-bond acceptors (Lipinski definition) is 3. The van der Waals surface area contributed by atoms with Gasteiger partial charge in [0.2, 0.25) is 0 Å². The first-order valence-corrected chi connectivity index (χ1v) is 10.9. The zero-order chi connectivity index (χ0) is 23.7. The molecule has 0 aliphatic carbocycles. The molecule has 0 aliphatic rings. The van der Waals surface area contributed by atoms with Crippen LogP contribution >= 0.6 is 11.6 Å². The monoisotopic (exact) mass is 445 g/mol. The van der Waals surface area contributed by atoms with E-state index in [2.05, 4.69) is 16.4 Å². The van der Waals surface area contributed by atoms with Gasteiger partial charge in [-0.1, -0.05) is 72.6 Å². The Morgan fingerprint density at radius 1 is 0.906 bits per heavy atom. The molecule has 0 radical (unpaired) electrons. The molecule has 5 heteroatoms. The first-order valence-electron chi connectivity index (χ1n) is 10.5. The van der Waals surface area contributed by atoms with E-state index in [1.807, 2.05) is 70.2 Å². The minimum Gasteiger partial charge on any atom is -0.289 e. The lowest BCUT2D eigenvalue weighted by atomic mass is 9.90. The molecule has 4 nitrogen and oxygen atoms in total. The van der Waals surface area contributed by atoms with Gasteiger partial charge in [-0.3, -0.25) is 4.79 Å². The van der Waals surface area contributed by atoms with Gasteiger partial charge >= 0.3 is 0 Å². The summed E-state index contributed by atoms with van der Waals surface area (Å²) in [6.07, 6.45) is 1.89. The molecule has 32 heavy (non-hydrogen) atoms. The van der Waals surface area contributed by atoms with E-state index in [0.29, 0.717) is 21.9 Å². The molecule has 1 N–H and O–H groups in total. The van der Waals surface area contributed by atoms with Gasteiger partial charge in [-0.15, -0.1) is 5.10 Å². The van der Waals surface area contributed by atoms with E-state index in [1.54, 1.807) is 31.2 Å². The van der Waals surface area contributed by atoms with Crippen molar-refractivity contribution in [3.8, 4) is 0 Å². The smallest absolute Gasteiger partial charge is 0.193 e. The van der Waals surface area contributed by atoms with E-state index < -0.39 is 0 Å². The van der Waals surface area contributed by atoms with Crippen molar-refractivity contribution in [1.82, 2.24) is 0 Å². The topological polar surface area (TPSA) is 65.6 Å². The third-order valence-electron chi connectivity index (χ3n) is 4.79. The van der Waals surface area contributed by atoms with Crippen molar-refractivity contribution < 1.29 is 4.79 Å². The molecular formula is C27H28ClN3O. The van der Waals surface area contributed by atoms with Crippen LogP contribution in [0.25, 0.3) is 5.57 Å². The Labute approximate surface area is 195 Å². The Morgan fingerprint density at radius 3 is 2.19 bits per heavy atom. The van der Waals surface area contributed by atoms with Crippen LogP contribution in [-0.2, 0) is 0 Å². The van der Waals surface area contributed by atoms with Crippen LogP contribution in [0.1, 0.15) is 58.9 Å². The van der Waals surface area contributed by atoms with Gasteiger partial charge < -0.3 is 0 Å². The van der Waals surface area contributed by atoms with Crippen molar-refractivity contribution >= 4 is 28.7 Å². The summed E-state index contributed by atoms with van der Waals surface area (Å²) in [5.41, 5.74) is 13.8. The standard InChI is InChI=1S/C25H22ClN3O.C2H6/c1-16-5-4-6-20(13-16)24(14-18(3)28-29-27)23-15-21(8-7-17(23)2)25(30)19-9-11-22(26)12-10-19;1-2/h4-15,27H,1-3H3;1-2H3/b24-14-,28-18+,29-27?;. The number of hydrogen-bond donors (Lipinski definition) is 1. The summed E-state index contributed by atoms with van der Waals surface area (Å²) in [6.45, 7) is 9.84. The highest BCUT2D eigenvalue weighted by atomic mass is 35.5. The van der Waals surface area contributed by atoms with Crippen LogP contribution in [0.15, 0.2) is 83.1 Å². The molecule has 0 bridgehead atoms. The van der Waals surface area contributed by atoms with E-state index in [-0.39, 0.29) is 5.78 Å². The predicted octanol–water partition coefficient (Wildman–Crippen LogP) is 8.05. The molecule has 0 unspecified atom stereocenters. The molecule has 0 aromatic heterocycles. The summed E-state index contributed by atoms with van der Waals surface area (Å²) in [4.78, 5) is 13.0. The van der Waals surface area contributed by atoms with Crippen LogP contribution in [0.4, 0.5) is 0 Å². The Morgan fingerprint density at radius 2 is 1.56 bits per heavy atom. The van der Waals surface area contributed by atoms with E-state index in [9.17, 15) is 4.79 Å². The van der Waals surface area contributed by atoms with Gasteiger partial charge in [0.05, 0.1) is 5.71 Å². The Bertz CT molecular complexity index is 1160. The number of ketones is 1. The Balaban J connectivity index is 0.00000176. The molecule has 0 saturated heterocycles. The second-order valence-electron chi connectivity index (χ2n) is 7.13. The minimum atomic E-state index is -0.0666. The summed E-state index contributed by atoms with van der Waals surface area (Å²) in [5.74, 6) is -0.0666. The fourth-order valence-electron chi connectivity index (χ4n) is 3.27. The summed E-state index contributed by atoms with van der Waals surface area (Å²) in [5, 5.41) is 7.56. The Kier molecular flexibility index (Phi) is 9.23. The number of benzene rings is 3. The highest BCUT2D eigenvalue weighted by Gasteiger charge is 2.15. The summed E-state index contributed by atoms with van der Waals surface area (Å²) in [6, 6.07) is 20.7. The maximum atomic E-state index is 13.0. The summed E-state index contributed by atoms with van der Waals surface area (Å²) >= 11 is 5.95. The van der Waals surface area contributed by atoms with E-state index >= 15 is 0 Å². The van der Waals surface area contributed by atoms with Gasteiger partial charge in [0.1, 0.15) is 0 Å². The second-order valence-corrected chi connectivity index (χ2v) is 7.57. The number of allylic oxidation sites excluding steroid dienone is 1. The SMILES string of the molecule is CC.CC(/C=C(/c1cccc(C)c1)c1cc(C(=O)c2ccc(Cl)cc2)ccc1C)=N\N=N. The fourth-order valence-corrected chi connectivity index (χ4v) is 3.39. The quantitative estimate of drug-likeness (QED) is 0.177. The first-order chi connectivity index (χ1) is 15.4. The highest BCUT2D eigenvalue weighted by Crippen LogP contribution is 2.29. The largest absolute Gasteiger partial charge is 0.289 e. The summed E-state index contributed by atoms with van der Waals surface area (Å²) in [7, 11) is 0. The van der Waals surface area contributed by atoms with Crippen LogP contribution in [0.2, 0.25) is 5.02 Å². The van der Waals surface area contributed by atoms with Crippen LogP contribution in [0, 0.1) is 19.4 Å². The maximum absolute atomic E-state index is 13.0. The van der Waals surface area contributed by atoms with Gasteiger partial charge in [0.25, 0.3) is 0 Å². The van der Waals surface area contributed by atoms with Crippen molar-refractivity contribution in [3.05, 3.63) is 111 Å². The number of carbonyl (C=O) groups excluding carboxylic acids is 1. The second kappa shape index (κ2) is 11.9. The number of nitrogens with zero attached hydrogens (tertiary/aromatic N) is 2. The normalized spacial score (nSPS) is 11.4. The van der Waals surface area contributed by atoms with E-state index in [4.69, 9.17) is 17.1 Å². The zero-order valence-corrected chi connectivity index (χ0v) is 19.9. The first kappa shape index (κ1) is 24.9. The summed E-state index contributed by atoms with van der Waals surface area (Å²) < 4.78 is 0. The van der Waals surface area contributed by atoms with Crippen molar-refractivity contribution in [1.29, 1.82) is 5.53 Å². The van der Waals surface area contributed by atoms with Gasteiger partial charge in [0.15, 0.2) is 5.78 Å². The van der Waals surface area contributed by atoms with Crippen LogP contribution in [0.3, 0.4) is 0 Å². The van der Waals surface area contributed by atoms with Crippen molar-refractivity contribution in [2.24, 2.45) is 10.3 Å². The number of halogens is 1. The molecule has 0 amide bonds. The molecule has 0 heterocycles. The van der Waals surface area contributed by atoms with Crippen LogP contribution in [-0.4, -0.2) is 11.5 Å². The molecule has 0 spiro atoms. The molecular weight excluding hydrogens is 418 g/mol. The molecule has 3 aromatic carbocycles. The average Bonchev–Trinajstić information content (AvgIpc) is 2.79. The van der Waals surface area contributed by atoms with Crippen LogP contribution < -0.4 is 0 Å². The van der Waals surface area contributed by atoms with Gasteiger partial charge in [-0.25, -0.2) is 0 Å². The van der Waals surface area contributed by atoms with Crippen LogP contribution in [0.5, 0.6) is 0 Å². The lowest BCUT2D eigenvalue weighted by Gasteiger charge is -2.14. The molecule has 0 aliphatic heterocycles. The third kappa shape index (κ3) is 6.32. The minimum absolute atomic E-state index is 0.0666. The lowest BCUT2D eigenvalue weighted by molar-refractivity contribution is 0.103. The Hall–Kier alpha value is -3.37. The predicted molar refractivity (Wildman–Crippen MR) is 134 cm³/mol. The number of aryl methyl sites for hydroxylation is 2. The number of carbonyl (C=O) groups is 1. The molecule has 3 rings (SSSR count). The van der Waals surface area contributed by atoms with Crippen molar-refractivity contribution in [3.63, 3.8) is 0 Å². The fraction of sp³-hybridized carbons (Fsp3) is 0.185. The van der Waals surface area contributed by atoms with E-state index in [0.717, 1.165) is 27.8 Å². The molecule has 164 valence electrons. The lowest BCUT2D eigenvalue weighted by Crippen LogP contribution is -2.04. The van der Waals surface area contributed by atoms with Crippen molar-refractivity contribution in [2.45, 2.75) is 34.6 Å². The van der Waals surface area contributed by atoms with Crippen molar-refractivity contribution in [2.75, 3.05) is 0 Å².